The SMILES string of the molecule is C.C.C.C.CNC(=O)c1cc(F)cc(N(CC2CC2)c2ccc3ncc(-c4cnn(C(C)C)c4)nc3c2)c1.COc1cc(F)cc(N(CCNC(C)C)c2ccc3ncc(-c4cn[nH]c4)nc3c2)c1.COc1cc(OC)cc(N(CCCNCC(F)(F)F)c2ccc3ncc(-c4cnn(C(C)C)c4)nc3c2)c1. The predicted octanol–water partition coefficient (Wildman–Crippen LogP) is 17.7. The highest BCUT2D eigenvalue weighted by Gasteiger charge is 2.28. The fraction of sp³-hybridized carbons (Fsp3) is 0.350. The Balaban J connectivity index is 0.000000221. The molecule has 12 aromatic rings. The third kappa shape index (κ3) is 21.7. The van der Waals surface area contributed by atoms with Crippen molar-refractivity contribution in [3.8, 4) is 51.0 Å². The van der Waals surface area contributed by atoms with Gasteiger partial charge in [-0.1, -0.05) is 43.6 Å². The summed E-state index contributed by atoms with van der Waals surface area (Å²) < 4.78 is 86.3. The lowest BCUT2D eigenvalue weighted by Crippen LogP contribution is -2.32. The molecule has 1 aliphatic rings. The second-order valence-corrected chi connectivity index (χ2v) is 25.7. The van der Waals surface area contributed by atoms with Crippen molar-refractivity contribution in [2.75, 3.05) is 82.3 Å². The van der Waals surface area contributed by atoms with Gasteiger partial charge in [0, 0.05) is 157 Å². The average molecular weight is 1470 g/mol. The molecule has 4 N–H and O–H groups in total. The van der Waals surface area contributed by atoms with Crippen molar-refractivity contribution in [2.45, 2.75) is 115 Å². The van der Waals surface area contributed by atoms with Crippen LogP contribution in [0.5, 0.6) is 17.2 Å². The van der Waals surface area contributed by atoms with E-state index in [4.69, 9.17) is 29.2 Å². The van der Waals surface area contributed by atoms with Crippen LogP contribution in [0.1, 0.15) is 113 Å². The summed E-state index contributed by atoms with van der Waals surface area (Å²) in [5.74, 6) is 1.11. The summed E-state index contributed by atoms with van der Waals surface area (Å²) >= 11 is 0. The molecule has 0 bridgehead atoms. The number of amides is 1. The number of benzene rings is 6. The van der Waals surface area contributed by atoms with E-state index in [1.807, 2.05) is 104 Å². The Labute approximate surface area is 623 Å². The number of hydrogen-bond acceptors (Lipinski definition) is 18. The van der Waals surface area contributed by atoms with Gasteiger partial charge in [-0.3, -0.25) is 34.2 Å². The maximum absolute atomic E-state index is 14.5. The van der Waals surface area contributed by atoms with Crippen LogP contribution in [-0.2, 0) is 0 Å². The zero-order chi connectivity index (χ0) is 72.9. The maximum Gasteiger partial charge on any atom is 0.401 e. The number of rotatable bonds is 26. The van der Waals surface area contributed by atoms with Crippen LogP contribution < -0.4 is 44.9 Å². The molecule has 0 unspecified atom stereocenters. The first-order valence-electron chi connectivity index (χ1n) is 33.9. The van der Waals surface area contributed by atoms with Crippen LogP contribution in [0.3, 0.4) is 0 Å². The smallest absolute Gasteiger partial charge is 0.401 e. The number of alkyl halides is 3. The van der Waals surface area contributed by atoms with Crippen LogP contribution in [0.4, 0.5) is 56.1 Å². The lowest BCUT2D eigenvalue weighted by molar-refractivity contribution is -0.124. The highest BCUT2D eigenvalue weighted by atomic mass is 19.4. The van der Waals surface area contributed by atoms with Gasteiger partial charge in [-0.15, -0.1) is 0 Å². The van der Waals surface area contributed by atoms with Crippen LogP contribution in [0.2, 0.25) is 0 Å². The minimum absolute atomic E-state index is 0. The molecule has 1 amide bonds. The molecule has 568 valence electrons. The largest absolute Gasteiger partial charge is 0.497 e. The average Bonchev–Trinajstić information content (AvgIpc) is 1.75. The second kappa shape index (κ2) is 37.7. The van der Waals surface area contributed by atoms with Gasteiger partial charge in [-0.2, -0.15) is 28.5 Å². The van der Waals surface area contributed by atoms with Crippen molar-refractivity contribution >= 4 is 73.1 Å². The molecule has 1 aliphatic carbocycles. The summed E-state index contributed by atoms with van der Waals surface area (Å²) in [5.41, 5.74) is 14.3. The van der Waals surface area contributed by atoms with Crippen LogP contribution in [0, 0.1) is 17.6 Å². The van der Waals surface area contributed by atoms with E-state index in [2.05, 4.69) is 97.7 Å². The number of methoxy groups -OCH3 is 3. The number of nitrogens with one attached hydrogen (secondary N) is 4. The lowest BCUT2D eigenvalue weighted by Gasteiger charge is -2.26. The molecule has 0 radical (unpaired) electrons. The number of ether oxygens (including phenoxy) is 3. The van der Waals surface area contributed by atoms with Gasteiger partial charge >= 0.3 is 6.18 Å². The molecule has 0 aliphatic heterocycles. The normalized spacial score (nSPS) is 11.7. The Morgan fingerprint density at radius 3 is 1.44 bits per heavy atom. The van der Waals surface area contributed by atoms with Crippen molar-refractivity contribution in [3.05, 3.63) is 182 Å². The van der Waals surface area contributed by atoms with E-state index in [9.17, 15) is 26.7 Å². The number of H-pyrrole nitrogens is 1. The number of halogens is 5. The van der Waals surface area contributed by atoms with E-state index in [0.29, 0.717) is 76.9 Å². The molecule has 1 saturated carbocycles. The maximum atomic E-state index is 14.5. The third-order valence-electron chi connectivity index (χ3n) is 17.0. The van der Waals surface area contributed by atoms with Gasteiger partial charge in [0.15, 0.2) is 0 Å². The third-order valence-corrected chi connectivity index (χ3v) is 17.0. The summed E-state index contributed by atoms with van der Waals surface area (Å²) in [4.78, 5) is 46.4. The molecule has 0 spiro atoms. The number of hydrogen-bond donors (Lipinski definition) is 4. The molecule has 6 heterocycles. The zero-order valence-electron chi connectivity index (χ0n) is 59.0. The Hall–Kier alpha value is -11.2. The highest BCUT2D eigenvalue weighted by molar-refractivity contribution is 5.95. The number of fused-ring (bicyclic) bond motifs is 3. The number of anilines is 6. The molecule has 6 aromatic heterocycles. The Morgan fingerprint density at radius 2 is 1.00 bits per heavy atom. The van der Waals surface area contributed by atoms with Gasteiger partial charge in [0.25, 0.3) is 5.91 Å². The van der Waals surface area contributed by atoms with Gasteiger partial charge in [0.2, 0.25) is 0 Å². The molecule has 0 atom stereocenters. The quantitative estimate of drug-likeness (QED) is 0.0291. The summed E-state index contributed by atoms with van der Waals surface area (Å²) in [5, 5.41) is 24.0. The Morgan fingerprint density at radius 1 is 0.542 bits per heavy atom. The molecule has 27 heteroatoms. The minimum Gasteiger partial charge on any atom is -0.497 e. The first-order chi connectivity index (χ1) is 49.6. The Bertz CT molecular complexity index is 4830. The van der Waals surface area contributed by atoms with E-state index in [1.54, 1.807) is 76.8 Å². The van der Waals surface area contributed by atoms with Gasteiger partial charge < -0.3 is 44.9 Å². The summed E-state index contributed by atoms with van der Waals surface area (Å²) in [6.07, 6.45) is 14.7. The van der Waals surface area contributed by atoms with E-state index >= 15 is 0 Å². The number of aromatic amines is 1. The first-order valence-corrected chi connectivity index (χ1v) is 33.9. The lowest BCUT2D eigenvalue weighted by atomic mass is 10.1. The van der Waals surface area contributed by atoms with E-state index in [0.717, 1.165) is 104 Å². The predicted molar refractivity (Wildman–Crippen MR) is 419 cm³/mol. The van der Waals surface area contributed by atoms with Crippen LogP contribution in [0.25, 0.3) is 66.9 Å². The van der Waals surface area contributed by atoms with Crippen molar-refractivity contribution < 1.29 is 41.0 Å². The number of nitrogens with zero attached hydrogens (tertiary/aromatic N) is 14. The van der Waals surface area contributed by atoms with Crippen molar-refractivity contribution in [2.24, 2.45) is 5.92 Å². The molecule has 1 fully saturated rings. The number of aromatic nitrogens is 12. The summed E-state index contributed by atoms with van der Waals surface area (Å²) in [7, 11) is 6.21. The molecule has 22 nitrogen and oxygen atoms in total. The van der Waals surface area contributed by atoms with Gasteiger partial charge in [0.05, 0.1) is 115 Å². The topological polar surface area (TPSA) is 232 Å². The monoisotopic (exact) mass is 1470 g/mol. The fourth-order valence-corrected chi connectivity index (χ4v) is 11.4. The minimum atomic E-state index is -4.25. The van der Waals surface area contributed by atoms with Gasteiger partial charge in [0.1, 0.15) is 28.9 Å². The van der Waals surface area contributed by atoms with Crippen molar-refractivity contribution in [1.82, 2.24) is 75.6 Å². The molecular formula is C80H99F5N18O4. The van der Waals surface area contributed by atoms with Crippen LogP contribution in [-0.4, -0.2) is 145 Å². The van der Waals surface area contributed by atoms with E-state index in [1.165, 1.54) is 31.4 Å². The first kappa shape index (κ1) is 83.1. The number of carbonyl (C=O) groups excluding carboxylic acids is 1. The van der Waals surface area contributed by atoms with Gasteiger partial charge in [-0.25, -0.2) is 23.7 Å². The molecular weight excluding hydrogens is 1370 g/mol. The molecule has 107 heavy (non-hydrogen) atoms. The van der Waals surface area contributed by atoms with E-state index < -0.39 is 18.5 Å². The summed E-state index contributed by atoms with van der Waals surface area (Å²) in [6, 6.07) is 33.0. The molecule has 0 saturated heterocycles. The number of carbonyl (C=O) groups is 1. The van der Waals surface area contributed by atoms with Crippen LogP contribution >= 0.6 is 0 Å². The standard InChI is InChI=1S/C27H31F3N6O2.C26H27FN6O.C23H25FN6O.4CH4/c1-18(2)36-16-19(14-33-36)26-15-32-24-7-6-20(12-25(24)34-26)35(9-5-8-31-17-27(28,29)30)21-10-22(37-3)13-23(11-21)38-4;1-16(2)33-15-19(12-30-33)25-13-29-23-7-6-21(11-24(23)31-25)32(14-17-4-5-17)22-9-18(26(34)28-3)8-20(27)10-22;1-15(2)25-6-7-30(19-8-17(24)9-20(10-19)31-3)18-4-5-21-22(11-18)29-23(14-26-21)16-12-27-28-13-16;;;;/h6-7,10-16,18,31H,5,8-9,17H2,1-4H3;6-13,15-17H,4-5,14H2,1-3H3,(H,28,34);4-5,8-15,25H,6-7H2,1-3H3,(H,27,28);4*1H4. The van der Waals surface area contributed by atoms with Gasteiger partial charge in [-0.05, 0) is 138 Å². The second-order valence-electron chi connectivity index (χ2n) is 25.7. The van der Waals surface area contributed by atoms with Crippen molar-refractivity contribution in [1.29, 1.82) is 0 Å². The van der Waals surface area contributed by atoms with Crippen molar-refractivity contribution in [3.63, 3.8) is 0 Å². The zero-order valence-corrected chi connectivity index (χ0v) is 59.0. The Kier molecular flexibility index (Phi) is 29.3. The molecule has 13 rings (SSSR count). The highest BCUT2D eigenvalue weighted by Crippen LogP contribution is 2.39. The fourth-order valence-electron chi connectivity index (χ4n) is 11.4. The molecule has 6 aromatic carbocycles. The van der Waals surface area contributed by atoms with E-state index in [-0.39, 0.29) is 60.1 Å². The summed E-state index contributed by atoms with van der Waals surface area (Å²) in [6.45, 7) is 14.2. The van der Waals surface area contributed by atoms with Crippen LogP contribution in [0.15, 0.2) is 165 Å².